The van der Waals surface area contributed by atoms with Gasteiger partial charge >= 0.3 is 0 Å². The number of ether oxygens (including phenoxy) is 1. The summed E-state index contributed by atoms with van der Waals surface area (Å²) in [6.07, 6.45) is -1.88. The summed E-state index contributed by atoms with van der Waals surface area (Å²) in [4.78, 5) is 12.4. The van der Waals surface area contributed by atoms with Gasteiger partial charge in [-0.15, -0.1) is 0 Å². The fraction of sp³-hybridized carbons (Fsp3) is 0.381. The Morgan fingerprint density at radius 1 is 0.971 bits per heavy atom. The van der Waals surface area contributed by atoms with E-state index in [0.717, 1.165) is 8.61 Å². The molecular formula is C21H27N3O8S2. The molecule has 0 radical (unpaired) electrons. The van der Waals surface area contributed by atoms with Crippen molar-refractivity contribution in [2.45, 2.75) is 36.4 Å². The van der Waals surface area contributed by atoms with Gasteiger partial charge in [-0.3, -0.25) is 10.0 Å². The number of hydrogen-bond donors (Lipinski definition) is 3. The van der Waals surface area contributed by atoms with Crippen molar-refractivity contribution in [1.29, 1.82) is 0 Å². The van der Waals surface area contributed by atoms with Crippen LogP contribution in [0.1, 0.15) is 19.4 Å². The molecule has 1 saturated heterocycles. The molecule has 1 aliphatic rings. The Bertz CT molecular complexity index is 1150. The topological polar surface area (TPSA) is 154 Å². The molecule has 1 unspecified atom stereocenters. The van der Waals surface area contributed by atoms with Crippen molar-refractivity contribution >= 4 is 26.0 Å². The van der Waals surface area contributed by atoms with Crippen LogP contribution < -0.4 is 10.2 Å². The first-order valence-electron chi connectivity index (χ1n) is 10.2. The molecular weight excluding hydrogens is 486 g/mol. The molecule has 1 fully saturated rings. The normalized spacial score (nSPS) is 19.5. The number of benzene rings is 2. The highest BCUT2D eigenvalue weighted by Gasteiger charge is 2.52. The molecule has 0 saturated carbocycles. The monoisotopic (exact) mass is 513 g/mol. The van der Waals surface area contributed by atoms with Gasteiger partial charge in [-0.1, -0.05) is 26.0 Å². The Morgan fingerprint density at radius 2 is 1.41 bits per heavy atom. The van der Waals surface area contributed by atoms with E-state index in [1.807, 2.05) is 0 Å². The quantitative estimate of drug-likeness (QED) is 0.362. The largest absolute Gasteiger partial charge is 0.497 e. The second-order valence-corrected chi connectivity index (χ2v) is 12.4. The van der Waals surface area contributed by atoms with Crippen molar-refractivity contribution in [2.75, 3.05) is 20.2 Å². The first-order valence-corrected chi connectivity index (χ1v) is 13.1. The molecule has 2 aromatic carbocycles. The molecule has 0 aromatic heterocycles. The maximum atomic E-state index is 13.6. The third kappa shape index (κ3) is 4.94. The van der Waals surface area contributed by atoms with E-state index in [9.17, 15) is 31.9 Å². The minimum absolute atomic E-state index is 0.175. The summed E-state index contributed by atoms with van der Waals surface area (Å²) in [7, 11) is -7.35. The summed E-state index contributed by atoms with van der Waals surface area (Å²) < 4.78 is 60.9. The first kappa shape index (κ1) is 26.1. The van der Waals surface area contributed by atoms with Gasteiger partial charge in [0.1, 0.15) is 5.75 Å². The highest BCUT2D eigenvalue weighted by Crippen LogP contribution is 2.36. The van der Waals surface area contributed by atoms with E-state index in [1.165, 1.54) is 61.1 Å². The van der Waals surface area contributed by atoms with E-state index in [0.29, 0.717) is 11.3 Å². The van der Waals surface area contributed by atoms with E-state index >= 15 is 0 Å². The number of carbonyl (C=O) groups is 1. The number of hydrogen-bond acceptors (Lipinski definition) is 8. The lowest BCUT2D eigenvalue weighted by atomic mass is 9.91. The Morgan fingerprint density at radius 3 is 1.79 bits per heavy atom. The zero-order valence-corrected chi connectivity index (χ0v) is 20.5. The summed E-state index contributed by atoms with van der Waals surface area (Å²) >= 11 is 0. The lowest BCUT2D eigenvalue weighted by Gasteiger charge is -2.47. The summed E-state index contributed by atoms with van der Waals surface area (Å²) in [6, 6.07) is 10.8. The summed E-state index contributed by atoms with van der Waals surface area (Å²) in [5, 5.41) is 18.6. The van der Waals surface area contributed by atoms with Crippen LogP contribution in [0.5, 0.6) is 5.75 Å². The SMILES string of the molecule is COc1ccc(S(=O)(=O)N2CC(C)(C)CN(S(=O)(=O)c3ccc(CO)cc3)C2C(=O)NO)cc1. The van der Waals surface area contributed by atoms with Crippen LogP contribution in [0.15, 0.2) is 58.3 Å². The molecule has 186 valence electrons. The Kier molecular flexibility index (Phi) is 7.36. The van der Waals surface area contributed by atoms with E-state index < -0.39 is 37.5 Å². The number of rotatable bonds is 7. The Balaban J connectivity index is 2.15. The predicted molar refractivity (Wildman–Crippen MR) is 121 cm³/mol. The van der Waals surface area contributed by atoms with Gasteiger partial charge in [0, 0.05) is 13.1 Å². The van der Waals surface area contributed by atoms with Crippen LogP contribution >= 0.6 is 0 Å². The molecule has 3 rings (SSSR count). The summed E-state index contributed by atoms with van der Waals surface area (Å²) in [6.45, 7) is 2.68. The highest BCUT2D eigenvalue weighted by molar-refractivity contribution is 7.90. The average molecular weight is 514 g/mol. The Labute approximate surface area is 198 Å². The van der Waals surface area contributed by atoms with Crippen LogP contribution in [-0.2, 0) is 31.4 Å². The molecule has 1 amide bonds. The number of amides is 1. The molecule has 2 aromatic rings. The van der Waals surface area contributed by atoms with Gasteiger partial charge in [-0.05, 0) is 47.4 Å². The van der Waals surface area contributed by atoms with Gasteiger partial charge in [-0.2, -0.15) is 8.61 Å². The lowest BCUT2D eigenvalue weighted by Crippen LogP contribution is -2.67. The van der Waals surface area contributed by atoms with Crippen LogP contribution in [0.3, 0.4) is 0 Å². The van der Waals surface area contributed by atoms with Gasteiger partial charge in [0.25, 0.3) is 5.91 Å². The smallest absolute Gasteiger partial charge is 0.277 e. The van der Waals surface area contributed by atoms with Crippen LogP contribution in [0.25, 0.3) is 0 Å². The van der Waals surface area contributed by atoms with Crippen LogP contribution in [-0.4, -0.2) is 68.0 Å². The van der Waals surface area contributed by atoms with Crippen molar-refractivity contribution in [3.63, 3.8) is 0 Å². The number of aliphatic hydroxyl groups excluding tert-OH is 1. The predicted octanol–water partition coefficient (Wildman–Crippen LogP) is 0.740. The maximum Gasteiger partial charge on any atom is 0.277 e. The molecule has 13 heteroatoms. The fourth-order valence-electron chi connectivity index (χ4n) is 3.75. The molecule has 3 N–H and O–H groups in total. The molecule has 11 nitrogen and oxygen atoms in total. The third-order valence-corrected chi connectivity index (χ3v) is 9.06. The van der Waals surface area contributed by atoms with E-state index in [1.54, 1.807) is 13.8 Å². The standard InChI is InChI=1S/C21H27N3O8S2/c1-21(2)13-23(33(28,29)17-8-4-15(12-25)5-9-17)20(19(26)22-27)24(14-21)34(30,31)18-10-6-16(32-3)7-11-18/h4-11,20,25,27H,12-14H2,1-3H3,(H,22,26). The molecule has 0 spiro atoms. The van der Waals surface area contributed by atoms with Crippen molar-refractivity contribution in [1.82, 2.24) is 14.1 Å². The van der Waals surface area contributed by atoms with Crippen molar-refractivity contribution in [3.05, 3.63) is 54.1 Å². The number of nitrogens with zero attached hydrogens (tertiary/aromatic N) is 2. The minimum atomic E-state index is -4.39. The molecule has 34 heavy (non-hydrogen) atoms. The van der Waals surface area contributed by atoms with Gasteiger partial charge < -0.3 is 9.84 Å². The molecule has 0 aliphatic carbocycles. The average Bonchev–Trinajstić information content (AvgIpc) is 2.82. The van der Waals surface area contributed by atoms with Crippen LogP contribution in [0, 0.1) is 5.41 Å². The van der Waals surface area contributed by atoms with E-state index in [4.69, 9.17) is 4.74 Å². The summed E-state index contributed by atoms with van der Waals surface area (Å²) in [5.74, 6) is -0.804. The van der Waals surface area contributed by atoms with Crippen molar-refractivity contribution in [2.24, 2.45) is 5.41 Å². The zero-order chi connectivity index (χ0) is 25.3. The van der Waals surface area contributed by atoms with E-state index in [2.05, 4.69) is 0 Å². The first-order chi connectivity index (χ1) is 15.9. The van der Waals surface area contributed by atoms with Crippen molar-refractivity contribution < 1.29 is 36.7 Å². The number of carbonyl (C=O) groups excluding carboxylic acids is 1. The van der Waals surface area contributed by atoms with Gasteiger partial charge in [0.2, 0.25) is 20.0 Å². The van der Waals surface area contributed by atoms with E-state index in [-0.39, 0.29) is 29.5 Å². The molecule has 1 heterocycles. The zero-order valence-electron chi connectivity index (χ0n) is 18.9. The Hall–Kier alpha value is -2.55. The van der Waals surface area contributed by atoms with Gasteiger partial charge in [0.05, 0.1) is 23.5 Å². The third-order valence-electron chi connectivity index (χ3n) is 5.44. The van der Waals surface area contributed by atoms with Crippen LogP contribution in [0.2, 0.25) is 0 Å². The second-order valence-electron chi connectivity index (χ2n) is 8.59. The second kappa shape index (κ2) is 9.60. The van der Waals surface area contributed by atoms with Crippen LogP contribution in [0.4, 0.5) is 0 Å². The number of nitrogens with one attached hydrogen (secondary N) is 1. The number of aliphatic hydroxyl groups is 1. The highest BCUT2D eigenvalue weighted by atomic mass is 32.2. The molecule has 1 atom stereocenters. The fourth-order valence-corrected chi connectivity index (χ4v) is 7.29. The van der Waals surface area contributed by atoms with Gasteiger partial charge in [0.15, 0.2) is 6.17 Å². The minimum Gasteiger partial charge on any atom is -0.497 e. The number of methoxy groups -OCH3 is 1. The van der Waals surface area contributed by atoms with Crippen molar-refractivity contribution in [3.8, 4) is 5.75 Å². The summed E-state index contributed by atoms with van der Waals surface area (Å²) in [5.41, 5.74) is 0.994. The lowest BCUT2D eigenvalue weighted by molar-refractivity contribution is -0.140. The maximum absolute atomic E-state index is 13.6. The van der Waals surface area contributed by atoms with Gasteiger partial charge in [-0.25, -0.2) is 22.3 Å². The molecule has 0 bridgehead atoms. The number of sulfonamides is 2. The number of hydroxylamine groups is 1. The molecule has 1 aliphatic heterocycles.